The minimum absolute atomic E-state index is 0. The first kappa shape index (κ1) is 18.4. The van der Waals surface area contributed by atoms with Gasteiger partial charge in [0.05, 0.1) is 12.2 Å². The third-order valence-corrected chi connectivity index (χ3v) is 3.80. The van der Waals surface area contributed by atoms with Crippen LogP contribution in [0, 0.1) is 5.82 Å². The van der Waals surface area contributed by atoms with E-state index in [1.807, 2.05) is 11.0 Å². The van der Waals surface area contributed by atoms with Crippen molar-refractivity contribution in [2.75, 3.05) is 25.0 Å². The largest absolute Gasteiger partial charge is 0.352 e. The molecular weight excluding hydrogens is 424 g/mol. The van der Waals surface area contributed by atoms with E-state index in [2.05, 4.69) is 30.8 Å². The van der Waals surface area contributed by atoms with Gasteiger partial charge in [-0.25, -0.2) is 9.37 Å². The van der Waals surface area contributed by atoms with Crippen molar-refractivity contribution in [2.45, 2.75) is 19.0 Å². The van der Waals surface area contributed by atoms with Crippen molar-refractivity contribution >= 4 is 35.8 Å². The quantitative estimate of drug-likeness (QED) is 0.378. The number of anilines is 1. The van der Waals surface area contributed by atoms with Gasteiger partial charge in [-0.3, -0.25) is 10.1 Å². The van der Waals surface area contributed by atoms with Gasteiger partial charge in [0, 0.05) is 38.6 Å². The Hall–Kier alpha value is -1.91. The molecule has 130 valence electrons. The molecule has 0 saturated carbocycles. The van der Waals surface area contributed by atoms with Crippen LogP contribution in [0.4, 0.5) is 10.2 Å². The van der Waals surface area contributed by atoms with E-state index in [1.165, 1.54) is 6.07 Å². The van der Waals surface area contributed by atoms with E-state index in [1.54, 1.807) is 25.5 Å². The first-order valence-corrected chi connectivity index (χ1v) is 7.57. The second-order valence-corrected chi connectivity index (χ2v) is 5.39. The Kier molecular flexibility index (Phi) is 6.76. The van der Waals surface area contributed by atoms with Crippen molar-refractivity contribution in [1.29, 1.82) is 0 Å². The minimum atomic E-state index is -0.282. The van der Waals surface area contributed by atoms with E-state index in [4.69, 9.17) is 0 Å². The number of aromatic amines is 1. The SMILES string of the molecule is CN=C(NCc1ccn[nH]1)NC1CCN(c2ncccc2F)C1.I. The normalized spacial score (nSPS) is 17.5. The smallest absolute Gasteiger partial charge is 0.191 e. The molecule has 0 amide bonds. The van der Waals surface area contributed by atoms with Crippen LogP contribution in [-0.2, 0) is 6.54 Å². The number of nitrogens with zero attached hydrogens (tertiary/aromatic N) is 4. The van der Waals surface area contributed by atoms with E-state index in [9.17, 15) is 4.39 Å². The van der Waals surface area contributed by atoms with Gasteiger partial charge in [0.25, 0.3) is 0 Å². The molecule has 3 N–H and O–H groups in total. The Morgan fingerprint density at radius 1 is 1.46 bits per heavy atom. The Balaban J connectivity index is 0.00000208. The lowest BCUT2D eigenvalue weighted by Gasteiger charge is -2.19. The molecule has 3 rings (SSSR count). The third kappa shape index (κ3) is 4.56. The van der Waals surface area contributed by atoms with Crippen LogP contribution < -0.4 is 15.5 Å². The maximum absolute atomic E-state index is 13.8. The molecule has 1 aliphatic heterocycles. The lowest BCUT2D eigenvalue weighted by molar-refractivity contribution is 0.612. The van der Waals surface area contributed by atoms with Crippen molar-refractivity contribution in [1.82, 2.24) is 25.8 Å². The molecule has 3 heterocycles. The van der Waals surface area contributed by atoms with Crippen LogP contribution in [0.25, 0.3) is 0 Å². The van der Waals surface area contributed by atoms with Crippen molar-refractivity contribution in [3.8, 4) is 0 Å². The van der Waals surface area contributed by atoms with Crippen LogP contribution in [-0.4, -0.2) is 47.3 Å². The van der Waals surface area contributed by atoms with Crippen molar-refractivity contribution < 1.29 is 4.39 Å². The summed E-state index contributed by atoms with van der Waals surface area (Å²) in [5.41, 5.74) is 0.983. The second kappa shape index (κ2) is 8.81. The molecule has 1 aliphatic rings. The van der Waals surface area contributed by atoms with Gasteiger partial charge in [-0.2, -0.15) is 5.10 Å². The standard InChI is InChI=1S/C15H20FN7.HI/c1-17-15(19-9-11-4-7-20-22-11)21-12-5-8-23(10-12)14-13(16)3-2-6-18-14;/h2-4,6-7,12H,5,8-10H2,1H3,(H,20,22)(H2,17,19,21);1H. The molecule has 0 bridgehead atoms. The summed E-state index contributed by atoms with van der Waals surface area (Å²) < 4.78 is 13.8. The summed E-state index contributed by atoms with van der Waals surface area (Å²) in [4.78, 5) is 10.3. The number of H-pyrrole nitrogens is 1. The zero-order valence-corrected chi connectivity index (χ0v) is 15.7. The number of guanidine groups is 1. The van der Waals surface area contributed by atoms with E-state index in [0.717, 1.165) is 18.7 Å². The Morgan fingerprint density at radius 3 is 3.04 bits per heavy atom. The fourth-order valence-electron chi connectivity index (χ4n) is 2.63. The highest BCUT2D eigenvalue weighted by molar-refractivity contribution is 14.0. The van der Waals surface area contributed by atoms with Crippen LogP contribution in [0.3, 0.4) is 0 Å². The molecule has 0 aliphatic carbocycles. The fourth-order valence-corrected chi connectivity index (χ4v) is 2.63. The number of aliphatic imine (C=N–C) groups is 1. The molecule has 1 atom stereocenters. The van der Waals surface area contributed by atoms with Gasteiger partial charge < -0.3 is 15.5 Å². The zero-order chi connectivity index (χ0) is 16.1. The molecule has 24 heavy (non-hydrogen) atoms. The molecule has 0 spiro atoms. The van der Waals surface area contributed by atoms with Crippen molar-refractivity contribution in [3.63, 3.8) is 0 Å². The number of nitrogens with one attached hydrogen (secondary N) is 3. The summed E-state index contributed by atoms with van der Waals surface area (Å²) in [7, 11) is 1.73. The summed E-state index contributed by atoms with van der Waals surface area (Å²) in [5.74, 6) is 0.847. The van der Waals surface area contributed by atoms with Gasteiger partial charge in [-0.15, -0.1) is 24.0 Å². The lowest BCUT2D eigenvalue weighted by atomic mass is 10.3. The highest BCUT2D eigenvalue weighted by Gasteiger charge is 2.25. The molecule has 0 aromatic carbocycles. The van der Waals surface area contributed by atoms with Crippen LogP contribution in [0.15, 0.2) is 35.6 Å². The van der Waals surface area contributed by atoms with Crippen LogP contribution >= 0.6 is 24.0 Å². The summed E-state index contributed by atoms with van der Waals surface area (Å²) in [6.45, 7) is 2.08. The van der Waals surface area contributed by atoms with Gasteiger partial charge >= 0.3 is 0 Å². The van der Waals surface area contributed by atoms with E-state index >= 15 is 0 Å². The number of halogens is 2. The molecule has 2 aromatic rings. The summed E-state index contributed by atoms with van der Waals surface area (Å²) in [5, 5.41) is 13.4. The van der Waals surface area contributed by atoms with Gasteiger partial charge in [0.1, 0.15) is 0 Å². The Labute approximate surface area is 157 Å². The number of hydrogen-bond acceptors (Lipinski definition) is 4. The Morgan fingerprint density at radius 2 is 2.33 bits per heavy atom. The van der Waals surface area contributed by atoms with Crippen LogP contribution in [0.5, 0.6) is 0 Å². The number of aromatic nitrogens is 3. The molecule has 1 saturated heterocycles. The molecule has 9 heteroatoms. The average Bonchev–Trinajstić information content (AvgIpc) is 3.23. The molecule has 1 fully saturated rings. The summed E-state index contributed by atoms with van der Waals surface area (Å²) >= 11 is 0. The van der Waals surface area contributed by atoms with Crippen molar-refractivity contribution in [3.05, 3.63) is 42.1 Å². The fraction of sp³-hybridized carbons (Fsp3) is 0.400. The topological polar surface area (TPSA) is 81.2 Å². The average molecular weight is 445 g/mol. The lowest BCUT2D eigenvalue weighted by Crippen LogP contribution is -2.44. The predicted molar refractivity (Wildman–Crippen MR) is 102 cm³/mol. The van der Waals surface area contributed by atoms with E-state index in [0.29, 0.717) is 24.9 Å². The van der Waals surface area contributed by atoms with Gasteiger partial charge in [-0.1, -0.05) is 0 Å². The monoisotopic (exact) mass is 445 g/mol. The zero-order valence-electron chi connectivity index (χ0n) is 13.4. The maximum Gasteiger partial charge on any atom is 0.191 e. The predicted octanol–water partition coefficient (Wildman–Crippen LogP) is 1.51. The highest BCUT2D eigenvalue weighted by atomic mass is 127. The minimum Gasteiger partial charge on any atom is -0.352 e. The second-order valence-electron chi connectivity index (χ2n) is 5.39. The Bertz CT molecular complexity index is 662. The first-order chi connectivity index (χ1) is 11.3. The molecule has 0 radical (unpaired) electrons. The van der Waals surface area contributed by atoms with E-state index < -0.39 is 0 Å². The number of rotatable bonds is 4. The maximum atomic E-state index is 13.8. The van der Waals surface area contributed by atoms with Crippen molar-refractivity contribution in [2.24, 2.45) is 4.99 Å². The first-order valence-electron chi connectivity index (χ1n) is 7.57. The third-order valence-electron chi connectivity index (χ3n) is 3.80. The van der Waals surface area contributed by atoms with E-state index in [-0.39, 0.29) is 35.8 Å². The highest BCUT2D eigenvalue weighted by Crippen LogP contribution is 2.20. The van der Waals surface area contributed by atoms with Crippen LogP contribution in [0.1, 0.15) is 12.1 Å². The molecule has 1 unspecified atom stereocenters. The van der Waals surface area contributed by atoms with Gasteiger partial charge in [-0.05, 0) is 24.6 Å². The summed E-state index contributed by atoms with van der Waals surface area (Å²) in [6.07, 6.45) is 4.23. The molecule has 7 nitrogen and oxygen atoms in total. The number of hydrogen-bond donors (Lipinski definition) is 3. The van der Waals surface area contributed by atoms with Crippen LogP contribution in [0.2, 0.25) is 0 Å². The molecular formula is C15H21FIN7. The number of pyridine rings is 1. The molecule has 2 aromatic heterocycles. The van der Waals surface area contributed by atoms with Gasteiger partial charge in [0.15, 0.2) is 17.6 Å². The summed E-state index contributed by atoms with van der Waals surface area (Å²) in [6, 6.07) is 5.14. The van der Waals surface area contributed by atoms with Gasteiger partial charge in [0.2, 0.25) is 0 Å².